The summed E-state index contributed by atoms with van der Waals surface area (Å²) in [6, 6.07) is 5.08. The Labute approximate surface area is 99.7 Å². The van der Waals surface area contributed by atoms with Gasteiger partial charge in [0.25, 0.3) is 0 Å². The van der Waals surface area contributed by atoms with Crippen LogP contribution in [0.15, 0.2) is 18.2 Å². The molecule has 0 radical (unpaired) electrons. The normalized spacial score (nSPS) is 17.2. The highest BCUT2D eigenvalue weighted by Gasteiger charge is 2.21. The van der Waals surface area contributed by atoms with Crippen molar-refractivity contribution in [1.82, 2.24) is 5.32 Å². The highest BCUT2D eigenvalue weighted by molar-refractivity contribution is 6.30. The lowest BCUT2D eigenvalue weighted by molar-refractivity contribution is 0.216. The van der Waals surface area contributed by atoms with Gasteiger partial charge in [-0.3, -0.25) is 0 Å². The minimum Gasteiger partial charge on any atom is -0.489 e. The molecule has 0 amide bonds. The second-order valence-electron chi connectivity index (χ2n) is 4.19. The Morgan fingerprint density at radius 1 is 1.56 bits per heavy atom. The van der Waals surface area contributed by atoms with Crippen LogP contribution in [0.1, 0.15) is 19.8 Å². The summed E-state index contributed by atoms with van der Waals surface area (Å²) in [5, 5.41) is 3.47. The standard InChI is InChI=1S/C12H15ClFNO/c1-8(7-15-9-2-3-9)16-10-4-5-12(14)11(13)6-10/h4-6,8-9,15H,2-3,7H2,1H3. The smallest absolute Gasteiger partial charge is 0.142 e. The molecule has 1 aliphatic rings. The molecule has 1 atom stereocenters. The van der Waals surface area contributed by atoms with Gasteiger partial charge >= 0.3 is 0 Å². The highest BCUT2D eigenvalue weighted by Crippen LogP contribution is 2.22. The van der Waals surface area contributed by atoms with Crippen LogP contribution in [0, 0.1) is 5.82 Å². The second-order valence-corrected chi connectivity index (χ2v) is 4.59. The molecule has 1 aromatic carbocycles. The Hall–Kier alpha value is -0.800. The van der Waals surface area contributed by atoms with Gasteiger partial charge in [-0.1, -0.05) is 11.6 Å². The van der Waals surface area contributed by atoms with Crippen molar-refractivity contribution >= 4 is 11.6 Å². The van der Waals surface area contributed by atoms with Crippen molar-refractivity contribution in [1.29, 1.82) is 0 Å². The fourth-order valence-corrected chi connectivity index (χ4v) is 1.61. The predicted molar refractivity (Wildman–Crippen MR) is 62.5 cm³/mol. The number of halogens is 2. The first-order valence-electron chi connectivity index (χ1n) is 5.50. The Balaban J connectivity index is 1.84. The van der Waals surface area contributed by atoms with Crippen LogP contribution in [0.4, 0.5) is 4.39 Å². The third kappa shape index (κ3) is 3.35. The Kier molecular flexibility index (Phi) is 3.66. The zero-order valence-corrected chi connectivity index (χ0v) is 9.93. The molecule has 0 aromatic heterocycles. The molecular weight excluding hydrogens is 229 g/mol. The fourth-order valence-electron chi connectivity index (χ4n) is 1.44. The maximum Gasteiger partial charge on any atom is 0.142 e. The monoisotopic (exact) mass is 243 g/mol. The van der Waals surface area contributed by atoms with Gasteiger partial charge in [-0.25, -0.2) is 4.39 Å². The molecule has 1 unspecified atom stereocenters. The summed E-state index contributed by atoms with van der Waals surface area (Å²) in [5.41, 5.74) is 0. The first-order chi connectivity index (χ1) is 7.65. The van der Waals surface area contributed by atoms with Crippen molar-refractivity contribution in [2.24, 2.45) is 0 Å². The van der Waals surface area contributed by atoms with Crippen LogP contribution in [0.2, 0.25) is 5.02 Å². The van der Waals surface area contributed by atoms with Gasteiger partial charge in [-0.2, -0.15) is 0 Å². The van der Waals surface area contributed by atoms with Crippen LogP contribution in [-0.2, 0) is 0 Å². The van der Waals surface area contributed by atoms with Crippen molar-refractivity contribution in [2.45, 2.75) is 31.9 Å². The van der Waals surface area contributed by atoms with E-state index in [1.54, 1.807) is 6.07 Å². The lowest BCUT2D eigenvalue weighted by Crippen LogP contribution is -2.30. The van der Waals surface area contributed by atoms with Crippen LogP contribution in [0.3, 0.4) is 0 Å². The Morgan fingerprint density at radius 3 is 2.94 bits per heavy atom. The number of hydrogen-bond acceptors (Lipinski definition) is 2. The molecule has 0 bridgehead atoms. The summed E-state index contributed by atoms with van der Waals surface area (Å²) in [6.45, 7) is 2.78. The van der Waals surface area contributed by atoms with Crippen molar-refractivity contribution in [3.63, 3.8) is 0 Å². The van der Waals surface area contributed by atoms with Crippen LogP contribution < -0.4 is 10.1 Å². The third-order valence-electron chi connectivity index (χ3n) is 2.50. The summed E-state index contributed by atoms with van der Waals surface area (Å²) in [7, 11) is 0. The number of nitrogens with one attached hydrogen (secondary N) is 1. The van der Waals surface area contributed by atoms with Crippen molar-refractivity contribution in [3.8, 4) is 5.75 Å². The number of benzene rings is 1. The lowest BCUT2D eigenvalue weighted by atomic mass is 10.3. The number of rotatable bonds is 5. The lowest BCUT2D eigenvalue weighted by Gasteiger charge is -2.15. The molecule has 1 aliphatic carbocycles. The summed E-state index contributed by atoms with van der Waals surface area (Å²) >= 11 is 5.66. The molecule has 2 rings (SSSR count). The van der Waals surface area contributed by atoms with Crippen LogP contribution in [0.25, 0.3) is 0 Å². The summed E-state index contributed by atoms with van der Waals surface area (Å²) in [4.78, 5) is 0. The van der Waals surface area contributed by atoms with E-state index in [0.29, 0.717) is 11.8 Å². The molecule has 2 nitrogen and oxygen atoms in total. The topological polar surface area (TPSA) is 21.3 Å². The largest absolute Gasteiger partial charge is 0.489 e. The SMILES string of the molecule is CC(CNC1CC1)Oc1ccc(F)c(Cl)c1. The van der Waals surface area contributed by atoms with E-state index < -0.39 is 5.82 Å². The Bertz CT molecular complexity index is 368. The molecular formula is C12H15ClFNO. The molecule has 1 saturated carbocycles. The maximum absolute atomic E-state index is 12.9. The molecule has 1 fully saturated rings. The molecule has 16 heavy (non-hydrogen) atoms. The molecule has 1 aromatic rings. The van der Waals surface area contributed by atoms with E-state index in [1.165, 1.54) is 25.0 Å². The van der Waals surface area contributed by atoms with E-state index in [4.69, 9.17) is 16.3 Å². The van der Waals surface area contributed by atoms with Gasteiger partial charge in [0.1, 0.15) is 17.7 Å². The molecule has 0 aliphatic heterocycles. The van der Waals surface area contributed by atoms with Gasteiger partial charge < -0.3 is 10.1 Å². The van der Waals surface area contributed by atoms with Crippen molar-refractivity contribution in [2.75, 3.05) is 6.54 Å². The highest BCUT2D eigenvalue weighted by atomic mass is 35.5. The maximum atomic E-state index is 12.9. The fraction of sp³-hybridized carbons (Fsp3) is 0.500. The van der Waals surface area contributed by atoms with Gasteiger partial charge in [0.05, 0.1) is 5.02 Å². The quantitative estimate of drug-likeness (QED) is 0.859. The zero-order valence-electron chi connectivity index (χ0n) is 9.17. The molecule has 4 heteroatoms. The van der Waals surface area contributed by atoms with Gasteiger partial charge in [-0.05, 0) is 31.9 Å². The minimum atomic E-state index is -0.419. The van der Waals surface area contributed by atoms with Crippen molar-refractivity contribution < 1.29 is 9.13 Å². The zero-order chi connectivity index (χ0) is 11.5. The number of hydrogen-bond donors (Lipinski definition) is 1. The molecule has 1 N–H and O–H groups in total. The summed E-state index contributed by atoms with van der Waals surface area (Å²) < 4.78 is 18.5. The third-order valence-corrected chi connectivity index (χ3v) is 2.79. The van der Waals surface area contributed by atoms with Gasteiger partial charge in [-0.15, -0.1) is 0 Å². The summed E-state index contributed by atoms with van der Waals surface area (Å²) in [5.74, 6) is 0.189. The van der Waals surface area contributed by atoms with E-state index >= 15 is 0 Å². The molecule has 0 saturated heterocycles. The van der Waals surface area contributed by atoms with Crippen molar-refractivity contribution in [3.05, 3.63) is 29.0 Å². The van der Waals surface area contributed by atoms with Crippen LogP contribution in [0.5, 0.6) is 5.75 Å². The van der Waals surface area contributed by atoms with Gasteiger partial charge in [0.2, 0.25) is 0 Å². The number of ether oxygens (including phenoxy) is 1. The minimum absolute atomic E-state index is 0.0575. The van der Waals surface area contributed by atoms with Gasteiger partial charge in [0.15, 0.2) is 0 Å². The molecule has 0 heterocycles. The summed E-state index contributed by atoms with van der Waals surface area (Å²) in [6.07, 6.45) is 2.58. The van der Waals surface area contributed by atoms with Crippen LogP contribution >= 0.6 is 11.6 Å². The first kappa shape index (κ1) is 11.7. The van der Waals surface area contributed by atoms with E-state index in [1.807, 2.05) is 6.92 Å². The second kappa shape index (κ2) is 5.02. The van der Waals surface area contributed by atoms with E-state index in [0.717, 1.165) is 6.54 Å². The predicted octanol–water partition coefficient (Wildman–Crippen LogP) is 3.00. The van der Waals surface area contributed by atoms with E-state index in [2.05, 4.69) is 5.32 Å². The van der Waals surface area contributed by atoms with Crippen LogP contribution in [-0.4, -0.2) is 18.7 Å². The van der Waals surface area contributed by atoms with E-state index in [9.17, 15) is 4.39 Å². The van der Waals surface area contributed by atoms with E-state index in [-0.39, 0.29) is 11.1 Å². The average molecular weight is 244 g/mol. The Morgan fingerprint density at radius 2 is 2.31 bits per heavy atom. The first-order valence-corrected chi connectivity index (χ1v) is 5.88. The molecule has 88 valence electrons. The average Bonchev–Trinajstić information content (AvgIpc) is 3.04. The van der Waals surface area contributed by atoms with Gasteiger partial charge in [0, 0.05) is 18.7 Å². The molecule has 0 spiro atoms.